The molecular formula is C24H29FO11. The topological polar surface area (TPSA) is 144 Å². The van der Waals surface area contributed by atoms with Gasteiger partial charge in [-0.05, 0) is 17.7 Å². The Morgan fingerprint density at radius 2 is 1.53 bits per heavy atom. The van der Waals surface area contributed by atoms with Crippen LogP contribution in [0, 0.1) is 0 Å². The maximum atomic E-state index is 13.6. The molecule has 0 bridgehead atoms. The fraction of sp³-hybridized carbons (Fsp3) is 0.500. The summed E-state index contributed by atoms with van der Waals surface area (Å²) in [6.07, 6.45) is -5.13. The number of aliphatic hydroxyl groups is 1. The number of carbonyl (C=O) groups is 4. The van der Waals surface area contributed by atoms with Crippen LogP contribution in [0.5, 0.6) is 5.75 Å². The normalized spacial score (nSPS) is 23.9. The molecule has 1 aliphatic rings. The van der Waals surface area contributed by atoms with Gasteiger partial charge in [-0.1, -0.05) is 12.1 Å². The summed E-state index contributed by atoms with van der Waals surface area (Å²) < 4.78 is 46.5. The molecule has 0 spiro atoms. The third kappa shape index (κ3) is 7.75. The van der Waals surface area contributed by atoms with Crippen LogP contribution in [-0.2, 0) is 42.9 Å². The van der Waals surface area contributed by atoms with Crippen LogP contribution in [0.4, 0.5) is 4.39 Å². The second-order valence-corrected chi connectivity index (χ2v) is 7.87. The summed E-state index contributed by atoms with van der Waals surface area (Å²) in [4.78, 5) is 47.3. The zero-order valence-corrected chi connectivity index (χ0v) is 20.5. The molecule has 0 unspecified atom stereocenters. The molecule has 0 amide bonds. The van der Waals surface area contributed by atoms with Crippen molar-refractivity contribution in [3.05, 3.63) is 35.2 Å². The number of rotatable bonds is 9. The number of benzene rings is 1. The van der Waals surface area contributed by atoms with Gasteiger partial charge in [0.05, 0.1) is 13.7 Å². The lowest BCUT2D eigenvalue weighted by molar-refractivity contribution is -0.254. The van der Waals surface area contributed by atoms with E-state index in [0.29, 0.717) is 11.1 Å². The van der Waals surface area contributed by atoms with Gasteiger partial charge in [0.1, 0.15) is 30.4 Å². The predicted octanol–water partition coefficient (Wildman–Crippen LogP) is 1.80. The predicted molar refractivity (Wildman–Crippen MR) is 120 cm³/mol. The Balaban J connectivity index is 2.64. The van der Waals surface area contributed by atoms with E-state index in [9.17, 15) is 23.6 Å². The van der Waals surface area contributed by atoms with Crippen LogP contribution in [0.3, 0.4) is 0 Å². The molecule has 0 aromatic heterocycles. The summed E-state index contributed by atoms with van der Waals surface area (Å²) in [5, 5.41) is 8.95. The number of esters is 4. The molecule has 1 N–H and O–H groups in total. The van der Waals surface area contributed by atoms with Crippen LogP contribution >= 0.6 is 0 Å². The zero-order chi connectivity index (χ0) is 27.0. The lowest BCUT2D eigenvalue weighted by atomic mass is 9.89. The van der Waals surface area contributed by atoms with Gasteiger partial charge in [-0.25, -0.2) is 4.39 Å². The molecular weight excluding hydrogens is 483 g/mol. The minimum absolute atomic E-state index is 0.190. The smallest absolute Gasteiger partial charge is 0.303 e. The Kier molecular flexibility index (Phi) is 10.4. The summed E-state index contributed by atoms with van der Waals surface area (Å²) in [7, 11) is 1.35. The maximum Gasteiger partial charge on any atom is 0.303 e. The standard InChI is InChI=1S/C24H29FO11/c1-12(27)32-11-20-22(33-13(2)28)24(35-15(4)30)23(34-14(3)29)21(36-20)18-7-6-16(8-17(25)10-26)9-19(18)31-5/h6-9,20-24,26H,10-11H2,1-5H3/b17-8-/t20-,21+,22-,23+,24+/m1/s1. The van der Waals surface area contributed by atoms with Crippen molar-refractivity contribution in [2.24, 2.45) is 0 Å². The molecule has 36 heavy (non-hydrogen) atoms. The fourth-order valence-corrected chi connectivity index (χ4v) is 3.76. The van der Waals surface area contributed by atoms with Gasteiger partial charge in [-0.3, -0.25) is 19.2 Å². The molecule has 5 atom stereocenters. The number of ether oxygens (including phenoxy) is 6. The average molecular weight is 512 g/mol. The maximum absolute atomic E-state index is 13.6. The van der Waals surface area contributed by atoms with Crippen LogP contribution in [0.25, 0.3) is 6.08 Å². The Bertz CT molecular complexity index is 1010. The zero-order valence-electron chi connectivity index (χ0n) is 20.5. The average Bonchev–Trinajstić information content (AvgIpc) is 2.79. The quantitative estimate of drug-likeness (QED) is 0.382. The van der Waals surface area contributed by atoms with Crippen LogP contribution in [0.1, 0.15) is 44.9 Å². The summed E-state index contributed by atoms with van der Waals surface area (Å²) >= 11 is 0. The largest absolute Gasteiger partial charge is 0.496 e. The van der Waals surface area contributed by atoms with Crippen molar-refractivity contribution in [2.45, 2.75) is 58.2 Å². The number of methoxy groups -OCH3 is 1. The second-order valence-electron chi connectivity index (χ2n) is 7.87. The number of halogens is 1. The second kappa shape index (κ2) is 13.0. The molecule has 1 aromatic rings. The summed E-state index contributed by atoms with van der Waals surface area (Å²) in [5.41, 5.74) is 0.671. The molecule has 0 aliphatic carbocycles. The Morgan fingerprint density at radius 3 is 2.06 bits per heavy atom. The number of aliphatic hydroxyl groups excluding tert-OH is 1. The van der Waals surface area contributed by atoms with Crippen LogP contribution in [-0.4, -0.2) is 73.7 Å². The molecule has 1 aromatic carbocycles. The SMILES string of the molecule is COc1cc(/C=C(\F)CO)ccc1[C@@H]1O[C@H](COC(C)=O)[C@@H](OC(C)=O)[C@H](OC(C)=O)[C@H]1OC(C)=O. The van der Waals surface area contributed by atoms with E-state index in [-0.39, 0.29) is 12.4 Å². The molecule has 0 saturated carbocycles. The van der Waals surface area contributed by atoms with Gasteiger partial charge in [-0.15, -0.1) is 0 Å². The van der Waals surface area contributed by atoms with Gasteiger partial charge in [0, 0.05) is 33.3 Å². The minimum atomic E-state index is -1.34. The first kappa shape index (κ1) is 28.7. The van der Waals surface area contributed by atoms with Crippen molar-refractivity contribution < 1.29 is 57.1 Å². The first-order valence-corrected chi connectivity index (χ1v) is 10.9. The van der Waals surface area contributed by atoms with E-state index in [0.717, 1.165) is 26.8 Å². The van der Waals surface area contributed by atoms with Gasteiger partial charge < -0.3 is 33.5 Å². The molecule has 11 nitrogen and oxygen atoms in total. The third-order valence-corrected chi connectivity index (χ3v) is 5.03. The van der Waals surface area contributed by atoms with E-state index in [1.807, 2.05) is 0 Å². The molecule has 12 heteroatoms. The van der Waals surface area contributed by atoms with E-state index < -0.39 is 66.8 Å². The van der Waals surface area contributed by atoms with E-state index in [1.165, 1.54) is 32.2 Å². The fourth-order valence-electron chi connectivity index (χ4n) is 3.76. The highest BCUT2D eigenvalue weighted by Gasteiger charge is 2.53. The van der Waals surface area contributed by atoms with Crippen molar-refractivity contribution >= 4 is 30.0 Å². The van der Waals surface area contributed by atoms with Gasteiger partial charge >= 0.3 is 23.9 Å². The van der Waals surface area contributed by atoms with E-state index in [1.54, 1.807) is 0 Å². The van der Waals surface area contributed by atoms with Crippen molar-refractivity contribution in [1.82, 2.24) is 0 Å². The highest BCUT2D eigenvalue weighted by molar-refractivity contribution is 5.69. The highest BCUT2D eigenvalue weighted by atomic mass is 19.1. The van der Waals surface area contributed by atoms with Crippen LogP contribution in [0.15, 0.2) is 24.0 Å². The van der Waals surface area contributed by atoms with Crippen molar-refractivity contribution in [1.29, 1.82) is 0 Å². The van der Waals surface area contributed by atoms with Crippen molar-refractivity contribution in [3.63, 3.8) is 0 Å². The Morgan fingerprint density at radius 1 is 0.944 bits per heavy atom. The van der Waals surface area contributed by atoms with Crippen molar-refractivity contribution in [3.8, 4) is 5.75 Å². The third-order valence-electron chi connectivity index (χ3n) is 5.03. The monoisotopic (exact) mass is 512 g/mol. The lowest BCUT2D eigenvalue weighted by Gasteiger charge is -2.44. The van der Waals surface area contributed by atoms with Crippen LogP contribution < -0.4 is 4.74 Å². The van der Waals surface area contributed by atoms with E-state index in [4.69, 9.17) is 33.5 Å². The summed E-state index contributed by atoms with van der Waals surface area (Å²) in [5.74, 6) is -3.47. The van der Waals surface area contributed by atoms with Gasteiger partial charge in [0.2, 0.25) is 0 Å². The Hall–Kier alpha value is -3.51. The summed E-state index contributed by atoms with van der Waals surface area (Å²) in [6, 6.07) is 4.47. The van der Waals surface area contributed by atoms with E-state index in [2.05, 4.69) is 0 Å². The molecule has 1 fully saturated rings. The highest BCUT2D eigenvalue weighted by Crippen LogP contribution is 2.41. The lowest BCUT2D eigenvalue weighted by Crippen LogP contribution is -2.59. The number of carbonyl (C=O) groups excluding carboxylic acids is 4. The number of hydrogen-bond donors (Lipinski definition) is 1. The van der Waals surface area contributed by atoms with Crippen LogP contribution in [0.2, 0.25) is 0 Å². The molecule has 2 rings (SSSR count). The van der Waals surface area contributed by atoms with Crippen molar-refractivity contribution in [2.75, 3.05) is 20.3 Å². The molecule has 0 radical (unpaired) electrons. The molecule has 1 aliphatic heterocycles. The Labute approximate surface area is 207 Å². The number of hydrogen-bond acceptors (Lipinski definition) is 11. The first-order chi connectivity index (χ1) is 17.0. The van der Waals surface area contributed by atoms with E-state index >= 15 is 0 Å². The minimum Gasteiger partial charge on any atom is -0.496 e. The first-order valence-electron chi connectivity index (χ1n) is 10.9. The molecule has 1 heterocycles. The molecule has 1 saturated heterocycles. The molecule has 198 valence electrons. The summed E-state index contributed by atoms with van der Waals surface area (Å²) in [6.45, 7) is 3.40. The van der Waals surface area contributed by atoms with Gasteiger partial charge in [-0.2, -0.15) is 0 Å². The van der Waals surface area contributed by atoms with Gasteiger partial charge in [0.25, 0.3) is 0 Å². The van der Waals surface area contributed by atoms with Gasteiger partial charge in [0.15, 0.2) is 18.3 Å².